The van der Waals surface area contributed by atoms with Crippen LogP contribution in [-0.2, 0) is 9.53 Å². The van der Waals surface area contributed by atoms with Gasteiger partial charge in [0.1, 0.15) is 6.04 Å². The van der Waals surface area contributed by atoms with Gasteiger partial charge in [0.2, 0.25) is 5.91 Å². The smallest absolute Gasteiger partial charge is 0.244 e. The van der Waals surface area contributed by atoms with E-state index in [0.29, 0.717) is 0 Å². The van der Waals surface area contributed by atoms with Gasteiger partial charge in [-0.2, -0.15) is 0 Å². The van der Waals surface area contributed by atoms with Crippen molar-refractivity contribution >= 4 is 5.91 Å². The number of hydrogen-bond acceptors (Lipinski definition) is 4. The van der Waals surface area contributed by atoms with Crippen LogP contribution in [0.15, 0.2) is 30.3 Å². The minimum absolute atomic E-state index is 0.0538. The molecule has 2 saturated heterocycles. The third kappa shape index (κ3) is 3.97. The first-order valence-electron chi connectivity index (χ1n) is 9.03. The van der Waals surface area contributed by atoms with E-state index < -0.39 is 6.04 Å². The van der Waals surface area contributed by atoms with E-state index in [1.807, 2.05) is 35.2 Å². The van der Waals surface area contributed by atoms with Crippen LogP contribution in [0.25, 0.3) is 0 Å². The molecule has 5 nitrogen and oxygen atoms in total. The van der Waals surface area contributed by atoms with E-state index in [-0.39, 0.29) is 24.2 Å². The topological polar surface area (TPSA) is 58.8 Å². The molecule has 5 heteroatoms. The van der Waals surface area contributed by atoms with Crippen LogP contribution in [0.1, 0.15) is 38.3 Å². The summed E-state index contributed by atoms with van der Waals surface area (Å²) in [6.07, 6.45) is 2.64. The van der Waals surface area contributed by atoms with Gasteiger partial charge in [0.25, 0.3) is 0 Å². The fourth-order valence-corrected chi connectivity index (χ4v) is 4.03. The molecule has 2 aliphatic rings. The standard InChI is InChI=1S/C19H29N3O2/c1-14-11-21(12-15(2)24-14)13-17-9-6-10-22(17)19(23)18(20)16-7-4-3-5-8-16/h3-5,7-8,14-15,17-18H,6,9-13,20H2,1-2H3/t14-,15+,17-,18-/m0/s1. The highest BCUT2D eigenvalue weighted by molar-refractivity contribution is 5.83. The lowest BCUT2D eigenvalue weighted by atomic mass is 10.1. The summed E-state index contributed by atoms with van der Waals surface area (Å²) in [6.45, 7) is 7.85. The molecule has 0 saturated carbocycles. The van der Waals surface area contributed by atoms with E-state index >= 15 is 0 Å². The van der Waals surface area contributed by atoms with Crippen LogP contribution in [0, 0.1) is 0 Å². The molecule has 2 fully saturated rings. The molecule has 2 heterocycles. The van der Waals surface area contributed by atoms with Crippen molar-refractivity contribution in [3.63, 3.8) is 0 Å². The zero-order valence-corrected chi connectivity index (χ0v) is 14.7. The average molecular weight is 331 g/mol. The normalized spacial score (nSPS) is 29.6. The van der Waals surface area contributed by atoms with Crippen LogP contribution in [0.2, 0.25) is 0 Å². The third-order valence-corrected chi connectivity index (χ3v) is 5.05. The van der Waals surface area contributed by atoms with Crippen LogP contribution in [-0.4, -0.2) is 60.1 Å². The van der Waals surface area contributed by atoms with E-state index in [1.54, 1.807) is 0 Å². The van der Waals surface area contributed by atoms with Gasteiger partial charge in [0.15, 0.2) is 0 Å². The molecule has 132 valence electrons. The first-order chi connectivity index (χ1) is 11.5. The summed E-state index contributed by atoms with van der Waals surface area (Å²) in [5.74, 6) is 0.0538. The van der Waals surface area contributed by atoms with Crippen LogP contribution in [0.3, 0.4) is 0 Å². The Morgan fingerprint density at radius 3 is 2.58 bits per heavy atom. The molecule has 0 aromatic heterocycles. The summed E-state index contributed by atoms with van der Waals surface area (Å²) < 4.78 is 5.81. The Balaban J connectivity index is 1.63. The number of morpholine rings is 1. The predicted octanol–water partition coefficient (Wildman–Crippen LogP) is 1.79. The number of benzene rings is 1. The molecule has 0 radical (unpaired) electrons. The zero-order chi connectivity index (χ0) is 17.1. The molecule has 2 aliphatic heterocycles. The molecular weight excluding hydrogens is 302 g/mol. The molecule has 0 bridgehead atoms. The van der Waals surface area contributed by atoms with Crippen molar-refractivity contribution in [3.8, 4) is 0 Å². The number of amides is 1. The lowest BCUT2D eigenvalue weighted by molar-refractivity contribution is -0.134. The number of carbonyl (C=O) groups is 1. The van der Waals surface area contributed by atoms with Gasteiger partial charge in [0.05, 0.1) is 12.2 Å². The quantitative estimate of drug-likeness (QED) is 0.914. The Hall–Kier alpha value is -1.43. The molecular formula is C19H29N3O2. The number of ether oxygens (including phenoxy) is 1. The fourth-order valence-electron chi connectivity index (χ4n) is 4.03. The number of nitrogens with zero attached hydrogens (tertiary/aromatic N) is 2. The summed E-state index contributed by atoms with van der Waals surface area (Å²) in [5, 5.41) is 0. The second-order valence-corrected chi connectivity index (χ2v) is 7.19. The van der Waals surface area contributed by atoms with E-state index in [4.69, 9.17) is 10.5 Å². The molecule has 0 aliphatic carbocycles. The Morgan fingerprint density at radius 2 is 1.92 bits per heavy atom. The van der Waals surface area contributed by atoms with E-state index in [2.05, 4.69) is 18.7 Å². The molecule has 1 amide bonds. The highest BCUT2D eigenvalue weighted by atomic mass is 16.5. The third-order valence-electron chi connectivity index (χ3n) is 5.05. The first-order valence-corrected chi connectivity index (χ1v) is 9.03. The van der Waals surface area contributed by atoms with Crippen LogP contribution < -0.4 is 5.73 Å². The molecule has 0 spiro atoms. The van der Waals surface area contributed by atoms with Crippen molar-refractivity contribution in [2.45, 2.75) is 51.0 Å². The van der Waals surface area contributed by atoms with Gasteiger partial charge >= 0.3 is 0 Å². The van der Waals surface area contributed by atoms with Crippen molar-refractivity contribution in [1.29, 1.82) is 0 Å². The Morgan fingerprint density at radius 1 is 1.25 bits per heavy atom. The molecule has 3 rings (SSSR count). The minimum Gasteiger partial charge on any atom is -0.373 e. The molecule has 1 aromatic rings. The summed E-state index contributed by atoms with van der Waals surface area (Å²) in [6, 6.07) is 9.37. The predicted molar refractivity (Wildman–Crippen MR) is 94.6 cm³/mol. The SMILES string of the molecule is C[C@@H]1CN(C[C@@H]2CCCN2C(=O)[C@@H](N)c2ccccc2)C[C@H](C)O1. The summed E-state index contributed by atoms with van der Waals surface area (Å²) in [5.41, 5.74) is 7.12. The van der Waals surface area contributed by atoms with E-state index in [9.17, 15) is 4.79 Å². The van der Waals surface area contributed by atoms with Crippen molar-refractivity contribution in [1.82, 2.24) is 9.80 Å². The van der Waals surface area contributed by atoms with Gasteiger partial charge in [-0.05, 0) is 32.3 Å². The Kier molecular flexibility index (Phi) is 5.54. The molecule has 4 atom stereocenters. The Bertz CT molecular complexity index is 541. The zero-order valence-electron chi connectivity index (χ0n) is 14.7. The van der Waals surface area contributed by atoms with Crippen LogP contribution in [0.4, 0.5) is 0 Å². The number of carbonyl (C=O) groups excluding carboxylic acids is 1. The lowest BCUT2D eigenvalue weighted by Crippen LogP contribution is -2.51. The fraction of sp³-hybridized carbons (Fsp3) is 0.632. The molecule has 1 aromatic carbocycles. The van der Waals surface area contributed by atoms with Crippen LogP contribution in [0.5, 0.6) is 0 Å². The van der Waals surface area contributed by atoms with Crippen molar-refractivity contribution in [3.05, 3.63) is 35.9 Å². The lowest BCUT2D eigenvalue weighted by Gasteiger charge is -2.38. The number of likely N-dealkylation sites (tertiary alicyclic amines) is 1. The van der Waals surface area contributed by atoms with E-state index in [0.717, 1.165) is 44.6 Å². The largest absolute Gasteiger partial charge is 0.373 e. The van der Waals surface area contributed by atoms with Gasteiger partial charge < -0.3 is 15.4 Å². The van der Waals surface area contributed by atoms with Gasteiger partial charge in [-0.25, -0.2) is 0 Å². The first kappa shape index (κ1) is 17.4. The second kappa shape index (κ2) is 7.64. The summed E-state index contributed by atoms with van der Waals surface area (Å²) in [4.78, 5) is 17.3. The molecule has 2 N–H and O–H groups in total. The van der Waals surface area contributed by atoms with Crippen molar-refractivity contribution in [2.75, 3.05) is 26.2 Å². The van der Waals surface area contributed by atoms with Gasteiger partial charge in [-0.15, -0.1) is 0 Å². The summed E-state index contributed by atoms with van der Waals surface area (Å²) in [7, 11) is 0. The maximum Gasteiger partial charge on any atom is 0.244 e. The van der Waals surface area contributed by atoms with Crippen molar-refractivity contribution in [2.24, 2.45) is 5.73 Å². The van der Waals surface area contributed by atoms with E-state index in [1.165, 1.54) is 0 Å². The Labute approximate surface area is 144 Å². The number of rotatable bonds is 4. The maximum absolute atomic E-state index is 12.9. The monoisotopic (exact) mass is 331 g/mol. The average Bonchev–Trinajstić information content (AvgIpc) is 3.01. The second-order valence-electron chi connectivity index (χ2n) is 7.19. The molecule has 0 unspecified atom stereocenters. The highest BCUT2D eigenvalue weighted by Crippen LogP contribution is 2.24. The number of nitrogens with two attached hydrogens (primary N) is 1. The van der Waals surface area contributed by atoms with Gasteiger partial charge in [-0.1, -0.05) is 30.3 Å². The molecule has 24 heavy (non-hydrogen) atoms. The number of hydrogen-bond donors (Lipinski definition) is 1. The van der Waals surface area contributed by atoms with Crippen molar-refractivity contribution < 1.29 is 9.53 Å². The summed E-state index contributed by atoms with van der Waals surface area (Å²) >= 11 is 0. The highest BCUT2D eigenvalue weighted by Gasteiger charge is 2.34. The van der Waals surface area contributed by atoms with Gasteiger partial charge in [-0.3, -0.25) is 9.69 Å². The van der Waals surface area contributed by atoms with Gasteiger partial charge in [0, 0.05) is 32.2 Å². The maximum atomic E-state index is 12.9. The van der Waals surface area contributed by atoms with Crippen LogP contribution >= 0.6 is 0 Å². The minimum atomic E-state index is -0.561.